The molecule has 1 amide bonds. The van der Waals surface area contributed by atoms with Crippen molar-refractivity contribution in [1.82, 2.24) is 4.98 Å². The Morgan fingerprint density at radius 1 is 1.26 bits per heavy atom. The zero-order chi connectivity index (χ0) is 14.0. The SMILES string of the molecule is Cc1cc(=O)c(C(=O)Nc2ccc(F)cc2F)c[nH]1. The zero-order valence-corrected chi connectivity index (χ0v) is 9.96. The number of aromatic nitrogens is 1. The van der Waals surface area contributed by atoms with Crippen molar-refractivity contribution >= 4 is 11.6 Å². The van der Waals surface area contributed by atoms with Crippen LogP contribution in [0.4, 0.5) is 14.5 Å². The van der Waals surface area contributed by atoms with Crippen LogP contribution in [0.25, 0.3) is 0 Å². The second-order valence-corrected chi connectivity index (χ2v) is 3.97. The number of H-pyrrole nitrogens is 1. The number of rotatable bonds is 2. The van der Waals surface area contributed by atoms with Gasteiger partial charge in [-0.1, -0.05) is 0 Å². The molecule has 0 aliphatic rings. The Morgan fingerprint density at radius 3 is 2.63 bits per heavy atom. The van der Waals surface area contributed by atoms with Gasteiger partial charge in [-0.3, -0.25) is 9.59 Å². The summed E-state index contributed by atoms with van der Waals surface area (Å²) in [6.07, 6.45) is 1.24. The van der Waals surface area contributed by atoms with Crippen molar-refractivity contribution in [3.8, 4) is 0 Å². The molecule has 0 aliphatic carbocycles. The predicted octanol–water partition coefficient (Wildman–Crippen LogP) is 2.21. The Hall–Kier alpha value is -2.50. The fourth-order valence-corrected chi connectivity index (χ4v) is 1.53. The Labute approximate surface area is 107 Å². The van der Waals surface area contributed by atoms with Gasteiger partial charge in [0.2, 0.25) is 0 Å². The molecule has 0 unspecified atom stereocenters. The van der Waals surface area contributed by atoms with Gasteiger partial charge in [0.1, 0.15) is 17.2 Å². The van der Waals surface area contributed by atoms with E-state index < -0.39 is 23.0 Å². The summed E-state index contributed by atoms with van der Waals surface area (Å²) in [6.45, 7) is 1.67. The van der Waals surface area contributed by atoms with Crippen molar-refractivity contribution in [2.75, 3.05) is 5.32 Å². The normalized spacial score (nSPS) is 10.3. The minimum atomic E-state index is -0.906. The van der Waals surface area contributed by atoms with Gasteiger partial charge in [0.15, 0.2) is 5.43 Å². The maximum Gasteiger partial charge on any atom is 0.261 e. The van der Waals surface area contributed by atoms with E-state index in [1.54, 1.807) is 6.92 Å². The van der Waals surface area contributed by atoms with Crippen LogP contribution in [0.3, 0.4) is 0 Å². The number of amides is 1. The Bertz CT molecular complexity index is 695. The number of nitrogens with one attached hydrogen (secondary N) is 2. The average molecular weight is 264 g/mol. The van der Waals surface area contributed by atoms with Gasteiger partial charge in [0.05, 0.1) is 5.69 Å². The summed E-state index contributed by atoms with van der Waals surface area (Å²) in [6, 6.07) is 4.01. The van der Waals surface area contributed by atoms with E-state index in [9.17, 15) is 18.4 Å². The third-order valence-corrected chi connectivity index (χ3v) is 2.48. The van der Waals surface area contributed by atoms with E-state index in [1.807, 2.05) is 0 Å². The van der Waals surface area contributed by atoms with E-state index >= 15 is 0 Å². The van der Waals surface area contributed by atoms with Crippen LogP contribution in [0.15, 0.2) is 35.3 Å². The van der Waals surface area contributed by atoms with Gasteiger partial charge < -0.3 is 10.3 Å². The highest BCUT2D eigenvalue weighted by molar-refractivity contribution is 6.04. The summed E-state index contributed by atoms with van der Waals surface area (Å²) in [5, 5.41) is 2.21. The molecule has 2 aromatic rings. The Morgan fingerprint density at radius 2 is 2.00 bits per heavy atom. The summed E-state index contributed by atoms with van der Waals surface area (Å²) in [5.74, 6) is -2.41. The van der Waals surface area contributed by atoms with E-state index in [2.05, 4.69) is 10.3 Å². The molecule has 2 N–H and O–H groups in total. The van der Waals surface area contributed by atoms with E-state index in [-0.39, 0.29) is 11.3 Å². The van der Waals surface area contributed by atoms with Crippen LogP contribution in [0, 0.1) is 18.6 Å². The first-order valence-corrected chi connectivity index (χ1v) is 5.43. The van der Waals surface area contributed by atoms with Crippen molar-refractivity contribution in [2.45, 2.75) is 6.92 Å². The topological polar surface area (TPSA) is 62.0 Å². The number of anilines is 1. The summed E-state index contributed by atoms with van der Waals surface area (Å²) < 4.78 is 26.1. The van der Waals surface area contributed by atoms with Gasteiger partial charge in [-0.05, 0) is 19.1 Å². The quantitative estimate of drug-likeness (QED) is 0.873. The molecular weight excluding hydrogens is 254 g/mol. The fourth-order valence-electron chi connectivity index (χ4n) is 1.53. The van der Waals surface area contributed by atoms with Gasteiger partial charge >= 0.3 is 0 Å². The lowest BCUT2D eigenvalue weighted by Gasteiger charge is -2.06. The first kappa shape index (κ1) is 12.9. The van der Waals surface area contributed by atoms with Crippen LogP contribution in [-0.4, -0.2) is 10.9 Å². The number of carbonyl (C=O) groups is 1. The van der Waals surface area contributed by atoms with Gasteiger partial charge in [0, 0.05) is 24.0 Å². The third kappa shape index (κ3) is 2.85. The monoisotopic (exact) mass is 264 g/mol. The molecule has 2 rings (SSSR count). The number of aryl methyl sites for hydroxylation is 1. The van der Waals surface area contributed by atoms with E-state index in [0.717, 1.165) is 12.1 Å². The minimum absolute atomic E-state index is 0.144. The Kier molecular flexibility index (Phi) is 3.41. The molecular formula is C13H10F2N2O2. The molecule has 0 aliphatic heterocycles. The summed E-state index contributed by atoms with van der Waals surface area (Å²) in [7, 11) is 0. The molecule has 0 atom stereocenters. The molecule has 1 aromatic heterocycles. The van der Waals surface area contributed by atoms with Crippen LogP contribution in [0.5, 0.6) is 0 Å². The molecule has 4 nitrogen and oxygen atoms in total. The van der Waals surface area contributed by atoms with Crippen molar-refractivity contribution in [1.29, 1.82) is 0 Å². The molecule has 0 fully saturated rings. The molecule has 6 heteroatoms. The van der Waals surface area contributed by atoms with Crippen LogP contribution >= 0.6 is 0 Å². The first-order valence-electron chi connectivity index (χ1n) is 5.43. The number of hydrogen-bond donors (Lipinski definition) is 2. The number of benzene rings is 1. The summed E-state index contributed by atoms with van der Waals surface area (Å²) >= 11 is 0. The molecule has 19 heavy (non-hydrogen) atoms. The highest BCUT2D eigenvalue weighted by Crippen LogP contribution is 2.15. The second kappa shape index (κ2) is 5.01. The molecule has 1 aromatic carbocycles. The van der Waals surface area contributed by atoms with Gasteiger partial charge in [-0.15, -0.1) is 0 Å². The van der Waals surface area contributed by atoms with E-state index in [4.69, 9.17) is 0 Å². The number of carbonyl (C=O) groups excluding carboxylic acids is 1. The number of pyridine rings is 1. The largest absolute Gasteiger partial charge is 0.364 e. The predicted molar refractivity (Wildman–Crippen MR) is 66.1 cm³/mol. The van der Waals surface area contributed by atoms with Crippen molar-refractivity contribution in [3.05, 3.63) is 63.6 Å². The molecule has 0 radical (unpaired) electrons. The fraction of sp³-hybridized carbons (Fsp3) is 0.0769. The van der Waals surface area contributed by atoms with Crippen LogP contribution in [0.1, 0.15) is 16.1 Å². The lowest BCUT2D eigenvalue weighted by molar-refractivity contribution is 0.102. The van der Waals surface area contributed by atoms with Gasteiger partial charge in [-0.2, -0.15) is 0 Å². The van der Waals surface area contributed by atoms with Crippen LogP contribution in [0.2, 0.25) is 0 Å². The lowest BCUT2D eigenvalue weighted by atomic mass is 10.2. The molecule has 0 saturated heterocycles. The van der Waals surface area contributed by atoms with Gasteiger partial charge in [0.25, 0.3) is 5.91 Å². The zero-order valence-electron chi connectivity index (χ0n) is 9.96. The average Bonchev–Trinajstić information content (AvgIpc) is 2.32. The maximum atomic E-state index is 13.4. The van der Waals surface area contributed by atoms with E-state index in [1.165, 1.54) is 12.3 Å². The van der Waals surface area contributed by atoms with Crippen molar-refractivity contribution in [2.24, 2.45) is 0 Å². The number of halogens is 2. The third-order valence-electron chi connectivity index (χ3n) is 2.48. The van der Waals surface area contributed by atoms with E-state index in [0.29, 0.717) is 11.8 Å². The molecule has 0 spiro atoms. The minimum Gasteiger partial charge on any atom is -0.364 e. The molecule has 1 heterocycles. The van der Waals surface area contributed by atoms with Crippen LogP contribution < -0.4 is 10.7 Å². The number of aromatic amines is 1. The van der Waals surface area contributed by atoms with Crippen LogP contribution in [-0.2, 0) is 0 Å². The highest BCUT2D eigenvalue weighted by atomic mass is 19.1. The second-order valence-electron chi connectivity index (χ2n) is 3.97. The van der Waals surface area contributed by atoms with Crippen molar-refractivity contribution < 1.29 is 13.6 Å². The highest BCUT2D eigenvalue weighted by Gasteiger charge is 2.13. The van der Waals surface area contributed by atoms with Crippen molar-refractivity contribution in [3.63, 3.8) is 0 Å². The molecule has 98 valence electrons. The Balaban J connectivity index is 2.28. The first-order chi connectivity index (χ1) is 8.97. The molecule has 0 saturated carbocycles. The summed E-state index contributed by atoms with van der Waals surface area (Å²) in [4.78, 5) is 26.1. The smallest absolute Gasteiger partial charge is 0.261 e. The maximum absolute atomic E-state index is 13.4. The standard InChI is InChI=1S/C13H10F2N2O2/c1-7-4-12(18)9(6-16-7)13(19)17-11-3-2-8(14)5-10(11)15/h2-6H,1H3,(H,16,18)(H,17,19). The summed E-state index contributed by atoms with van der Waals surface area (Å²) in [5.41, 5.74) is -0.202. The van der Waals surface area contributed by atoms with Gasteiger partial charge in [-0.25, -0.2) is 8.78 Å². The number of hydrogen-bond acceptors (Lipinski definition) is 2. The molecule has 0 bridgehead atoms. The lowest BCUT2D eigenvalue weighted by Crippen LogP contribution is -2.22.